The molecule has 0 radical (unpaired) electrons. The first kappa shape index (κ1) is 27.1. The summed E-state index contributed by atoms with van der Waals surface area (Å²) in [6.45, 7) is 2.87. The summed E-state index contributed by atoms with van der Waals surface area (Å²) in [4.78, 5) is 25.7. The molecular formula is C34H28N2O5. The predicted octanol–water partition coefficient (Wildman–Crippen LogP) is 6.80. The number of amides is 1. The Kier molecular flexibility index (Phi) is 8.66. The standard InChI is InChI=1S/C34H28N2O5/c1-2-39-28-19-14-27(15-20-28)34(38)41-32-21-16-25-10-6-7-11-30(25)31(32)22-35-36-33(37)26-12-17-29(18-13-26)40-23-24-8-4-3-5-9-24/h3-22H,2,23H2,1H3,(H,36,37). The second-order valence-corrected chi connectivity index (χ2v) is 9.04. The number of hydrazone groups is 1. The molecule has 5 rings (SSSR count). The molecule has 1 N–H and O–H groups in total. The third kappa shape index (κ3) is 6.96. The summed E-state index contributed by atoms with van der Waals surface area (Å²) in [6.07, 6.45) is 1.48. The van der Waals surface area contributed by atoms with E-state index in [9.17, 15) is 9.59 Å². The van der Waals surface area contributed by atoms with Gasteiger partial charge in [0.1, 0.15) is 23.9 Å². The number of benzene rings is 5. The van der Waals surface area contributed by atoms with Crippen LogP contribution in [0, 0.1) is 0 Å². The zero-order chi connectivity index (χ0) is 28.4. The third-order valence-corrected chi connectivity index (χ3v) is 6.26. The molecular weight excluding hydrogens is 516 g/mol. The lowest BCUT2D eigenvalue weighted by Crippen LogP contribution is -2.17. The number of esters is 1. The van der Waals surface area contributed by atoms with Gasteiger partial charge in [-0.25, -0.2) is 10.2 Å². The van der Waals surface area contributed by atoms with Gasteiger partial charge in [0.2, 0.25) is 0 Å². The summed E-state index contributed by atoms with van der Waals surface area (Å²) in [6, 6.07) is 34.7. The van der Waals surface area contributed by atoms with Gasteiger partial charge < -0.3 is 14.2 Å². The number of ether oxygens (including phenoxy) is 3. The third-order valence-electron chi connectivity index (χ3n) is 6.26. The number of rotatable bonds is 10. The van der Waals surface area contributed by atoms with Crippen LogP contribution in [-0.2, 0) is 6.61 Å². The van der Waals surface area contributed by atoms with E-state index < -0.39 is 5.97 Å². The molecule has 0 unspecified atom stereocenters. The molecule has 0 aromatic heterocycles. The number of hydrogen-bond donors (Lipinski definition) is 1. The molecule has 5 aromatic carbocycles. The molecule has 7 nitrogen and oxygen atoms in total. The maximum atomic E-state index is 12.9. The van der Waals surface area contributed by atoms with Gasteiger partial charge in [0.05, 0.1) is 18.4 Å². The second-order valence-electron chi connectivity index (χ2n) is 9.04. The largest absolute Gasteiger partial charge is 0.494 e. The van der Waals surface area contributed by atoms with Gasteiger partial charge in [-0.15, -0.1) is 0 Å². The maximum absolute atomic E-state index is 12.9. The Morgan fingerprint density at radius 2 is 1.39 bits per heavy atom. The van der Waals surface area contributed by atoms with E-state index in [4.69, 9.17) is 14.2 Å². The minimum atomic E-state index is -0.517. The fourth-order valence-electron chi connectivity index (χ4n) is 4.17. The highest BCUT2D eigenvalue weighted by molar-refractivity contribution is 6.04. The first-order valence-corrected chi connectivity index (χ1v) is 13.2. The van der Waals surface area contributed by atoms with E-state index in [1.54, 1.807) is 54.6 Å². The number of nitrogens with zero attached hydrogens (tertiary/aromatic N) is 1. The highest BCUT2D eigenvalue weighted by atomic mass is 16.5. The Morgan fingerprint density at radius 3 is 2.12 bits per heavy atom. The fourth-order valence-corrected chi connectivity index (χ4v) is 4.17. The average molecular weight is 545 g/mol. The van der Waals surface area contributed by atoms with Crippen molar-refractivity contribution in [1.29, 1.82) is 0 Å². The predicted molar refractivity (Wildman–Crippen MR) is 159 cm³/mol. The van der Waals surface area contributed by atoms with Gasteiger partial charge in [-0.05, 0) is 77.9 Å². The molecule has 7 heteroatoms. The zero-order valence-corrected chi connectivity index (χ0v) is 22.4. The summed E-state index contributed by atoms with van der Waals surface area (Å²) < 4.78 is 17.0. The van der Waals surface area contributed by atoms with Crippen LogP contribution in [-0.4, -0.2) is 24.7 Å². The first-order valence-electron chi connectivity index (χ1n) is 13.2. The molecule has 0 heterocycles. The molecule has 41 heavy (non-hydrogen) atoms. The Labute approximate surface area is 238 Å². The minimum Gasteiger partial charge on any atom is -0.494 e. The average Bonchev–Trinajstić information content (AvgIpc) is 3.02. The second kappa shape index (κ2) is 13.1. The van der Waals surface area contributed by atoms with Crippen molar-refractivity contribution in [3.63, 3.8) is 0 Å². The Balaban J connectivity index is 1.28. The molecule has 5 aromatic rings. The topological polar surface area (TPSA) is 86.2 Å². The normalized spacial score (nSPS) is 10.9. The molecule has 0 aliphatic heterocycles. The number of nitrogens with one attached hydrogen (secondary N) is 1. The van der Waals surface area contributed by atoms with E-state index in [1.807, 2.05) is 67.6 Å². The molecule has 0 bridgehead atoms. The Morgan fingerprint density at radius 1 is 0.732 bits per heavy atom. The SMILES string of the molecule is CCOc1ccc(C(=O)Oc2ccc3ccccc3c2C=NNC(=O)c2ccc(OCc3ccccc3)cc2)cc1. The quantitative estimate of drug-likeness (QED) is 0.0904. The van der Waals surface area contributed by atoms with Gasteiger partial charge in [-0.2, -0.15) is 5.10 Å². The van der Waals surface area contributed by atoms with Crippen LogP contribution in [0.5, 0.6) is 17.2 Å². The molecule has 204 valence electrons. The van der Waals surface area contributed by atoms with Crippen molar-refractivity contribution in [1.82, 2.24) is 5.43 Å². The fraction of sp³-hybridized carbons (Fsp3) is 0.0882. The summed E-state index contributed by atoms with van der Waals surface area (Å²) >= 11 is 0. The number of carbonyl (C=O) groups is 2. The number of carbonyl (C=O) groups excluding carboxylic acids is 2. The lowest BCUT2D eigenvalue weighted by Gasteiger charge is -2.11. The lowest BCUT2D eigenvalue weighted by atomic mass is 10.0. The van der Waals surface area contributed by atoms with Crippen molar-refractivity contribution in [2.24, 2.45) is 5.10 Å². The molecule has 1 amide bonds. The highest BCUT2D eigenvalue weighted by Gasteiger charge is 2.14. The summed E-state index contributed by atoms with van der Waals surface area (Å²) in [7, 11) is 0. The summed E-state index contributed by atoms with van der Waals surface area (Å²) in [5, 5.41) is 5.93. The van der Waals surface area contributed by atoms with Crippen molar-refractivity contribution < 1.29 is 23.8 Å². The van der Waals surface area contributed by atoms with E-state index >= 15 is 0 Å². The van der Waals surface area contributed by atoms with Crippen molar-refractivity contribution in [2.45, 2.75) is 13.5 Å². The van der Waals surface area contributed by atoms with E-state index in [0.717, 1.165) is 16.3 Å². The van der Waals surface area contributed by atoms with Crippen LogP contribution >= 0.6 is 0 Å². The van der Waals surface area contributed by atoms with Crippen LogP contribution in [0.2, 0.25) is 0 Å². The Hall–Kier alpha value is -5.43. The van der Waals surface area contributed by atoms with E-state index in [1.165, 1.54) is 6.21 Å². The zero-order valence-electron chi connectivity index (χ0n) is 22.4. The van der Waals surface area contributed by atoms with Crippen LogP contribution < -0.4 is 19.6 Å². The van der Waals surface area contributed by atoms with Gasteiger partial charge in [-0.1, -0.05) is 60.7 Å². The molecule has 0 saturated heterocycles. The van der Waals surface area contributed by atoms with E-state index in [2.05, 4.69) is 10.5 Å². The lowest BCUT2D eigenvalue weighted by molar-refractivity contribution is 0.0734. The van der Waals surface area contributed by atoms with Gasteiger partial charge >= 0.3 is 5.97 Å². The van der Waals surface area contributed by atoms with Crippen LogP contribution in [0.25, 0.3) is 10.8 Å². The molecule has 0 spiro atoms. The van der Waals surface area contributed by atoms with Crippen molar-refractivity contribution in [3.8, 4) is 17.2 Å². The van der Waals surface area contributed by atoms with Gasteiger partial charge in [0.15, 0.2) is 0 Å². The number of hydrogen-bond acceptors (Lipinski definition) is 6. The molecule has 0 fully saturated rings. The molecule has 0 saturated carbocycles. The van der Waals surface area contributed by atoms with Crippen LogP contribution in [0.1, 0.15) is 38.8 Å². The van der Waals surface area contributed by atoms with E-state index in [-0.39, 0.29) is 5.91 Å². The number of fused-ring (bicyclic) bond motifs is 1. The van der Waals surface area contributed by atoms with Crippen molar-refractivity contribution in [2.75, 3.05) is 6.61 Å². The smallest absolute Gasteiger partial charge is 0.343 e. The monoisotopic (exact) mass is 544 g/mol. The maximum Gasteiger partial charge on any atom is 0.343 e. The summed E-state index contributed by atoms with van der Waals surface area (Å²) in [5.41, 5.74) is 4.98. The van der Waals surface area contributed by atoms with Crippen LogP contribution in [0.4, 0.5) is 0 Å². The highest BCUT2D eigenvalue weighted by Crippen LogP contribution is 2.28. The molecule has 0 aliphatic rings. The summed E-state index contributed by atoms with van der Waals surface area (Å²) in [5.74, 6) is 0.748. The minimum absolute atomic E-state index is 0.320. The first-order chi connectivity index (χ1) is 20.1. The Bertz CT molecular complexity index is 1660. The van der Waals surface area contributed by atoms with Crippen LogP contribution in [0.3, 0.4) is 0 Å². The van der Waals surface area contributed by atoms with Gasteiger partial charge in [0, 0.05) is 11.1 Å². The van der Waals surface area contributed by atoms with E-state index in [0.29, 0.717) is 47.2 Å². The van der Waals surface area contributed by atoms with Crippen molar-refractivity contribution in [3.05, 3.63) is 138 Å². The van der Waals surface area contributed by atoms with Crippen LogP contribution in [0.15, 0.2) is 120 Å². The molecule has 0 atom stereocenters. The van der Waals surface area contributed by atoms with Crippen molar-refractivity contribution >= 4 is 28.9 Å². The van der Waals surface area contributed by atoms with Gasteiger partial charge in [0.25, 0.3) is 5.91 Å². The van der Waals surface area contributed by atoms with Gasteiger partial charge in [-0.3, -0.25) is 4.79 Å². The molecule has 0 aliphatic carbocycles.